The van der Waals surface area contributed by atoms with Gasteiger partial charge in [0.05, 0.1) is 10.7 Å². The molecule has 2 nitrogen and oxygen atoms in total. The van der Waals surface area contributed by atoms with Crippen LogP contribution >= 0.6 is 11.6 Å². The van der Waals surface area contributed by atoms with Gasteiger partial charge in [-0.2, -0.15) is 0 Å². The molecule has 0 spiro atoms. The van der Waals surface area contributed by atoms with Crippen molar-refractivity contribution in [3.05, 3.63) is 28.8 Å². The zero-order valence-electron chi connectivity index (χ0n) is 11.5. The van der Waals surface area contributed by atoms with Crippen LogP contribution in [0.25, 0.3) is 0 Å². The molecule has 1 fully saturated rings. The summed E-state index contributed by atoms with van der Waals surface area (Å²) in [5.74, 6) is 0. The van der Waals surface area contributed by atoms with E-state index in [1.165, 1.54) is 24.1 Å². The van der Waals surface area contributed by atoms with E-state index in [0.717, 1.165) is 18.1 Å². The van der Waals surface area contributed by atoms with Crippen LogP contribution < -0.4 is 10.2 Å². The summed E-state index contributed by atoms with van der Waals surface area (Å²) in [6.45, 7) is 8.46. The average Bonchev–Trinajstić information content (AvgIpc) is 3.14. The predicted molar refractivity (Wildman–Crippen MR) is 79.5 cm³/mol. The van der Waals surface area contributed by atoms with Gasteiger partial charge in [-0.3, -0.25) is 0 Å². The van der Waals surface area contributed by atoms with E-state index in [4.69, 9.17) is 11.6 Å². The molecule has 0 amide bonds. The number of nitrogens with one attached hydrogen (secondary N) is 1. The molecule has 2 rings (SSSR count). The second-order valence-corrected chi connectivity index (χ2v) is 5.71. The molecule has 0 atom stereocenters. The van der Waals surface area contributed by atoms with Crippen molar-refractivity contribution >= 4 is 17.3 Å². The Hall–Kier alpha value is -0.730. The Kier molecular flexibility index (Phi) is 4.52. The summed E-state index contributed by atoms with van der Waals surface area (Å²) in [6.07, 6.45) is 2.60. The number of hydrogen-bond donors (Lipinski definition) is 1. The van der Waals surface area contributed by atoms with Gasteiger partial charge in [0.2, 0.25) is 0 Å². The van der Waals surface area contributed by atoms with Crippen molar-refractivity contribution in [2.45, 2.75) is 52.2 Å². The van der Waals surface area contributed by atoms with Crippen LogP contribution in [0.3, 0.4) is 0 Å². The summed E-state index contributed by atoms with van der Waals surface area (Å²) in [6, 6.07) is 7.42. The molecule has 0 aromatic heterocycles. The van der Waals surface area contributed by atoms with Crippen LogP contribution in [-0.4, -0.2) is 18.6 Å². The fourth-order valence-electron chi connectivity index (χ4n) is 2.32. The van der Waals surface area contributed by atoms with Crippen molar-refractivity contribution < 1.29 is 0 Å². The first-order valence-electron chi connectivity index (χ1n) is 6.91. The standard InChI is InChI=1S/C15H23ClN2/c1-4-18(13-8-9-13)15-12(10-17-11(2)3)6-5-7-14(15)16/h5-7,11,13,17H,4,8-10H2,1-3H3. The van der Waals surface area contributed by atoms with Crippen molar-refractivity contribution in [3.63, 3.8) is 0 Å². The SMILES string of the molecule is CCN(c1c(Cl)cccc1CNC(C)C)C1CC1. The van der Waals surface area contributed by atoms with Crippen molar-refractivity contribution in [2.75, 3.05) is 11.4 Å². The maximum absolute atomic E-state index is 6.42. The third-order valence-electron chi connectivity index (χ3n) is 3.39. The van der Waals surface area contributed by atoms with Gasteiger partial charge in [0.15, 0.2) is 0 Å². The highest BCUT2D eigenvalue weighted by molar-refractivity contribution is 6.33. The van der Waals surface area contributed by atoms with Crippen LogP contribution in [0, 0.1) is 0 Å². The third kappa shape index (κ3) is 3.18. The molecular weight excluding hydrogens is 244 g/mol. The number of anilines is 1. The lowest BCUT2D eigenvalue weighted by molar-refractivity contribution is 0.587. The number of halogens is 1. The summed E-state index contributed by atoms with van der Waals surface area (Å²) in [4.78, 5) is 2.46. The Morgan fingerprint density at radius 2 is 2.11 bits per heavy atom. The zero-order chi connectivity index (χ0) is 13.1. The monoisotopic (exact) mass is 266 g/mol. The Morgan fingerprint density at radius 1 is 1.39 bits per heavy atom. The van der Waals surface area contributed by atoms with E-state index < -0.39 is 0 Å². The fourth-order valence-corrected chi connectivity index (χ4v) is 2.63. The molecule has 1 aliphatic rings. The first-order chi connectivity index (χ1) is 8.63. The number of hydrogen-bond acceptors (Lipinski definition) is 2. The lowest BCUT2D eigenvalue weighted by atomic mass is 10.1. The molecule has 0 aliphatic heterocycles. The summed E-state index contributed by atoms with van der Waals surface area (Å²) in [7, 11) is 0. The van der Waals surface area contributed by atoms with Crippen LogP contribution in [0.4, 0.5) is 5.69 Å². The molecule has 18 heavy (non-hydrogen) atoms. The van der Waals surface area contributed by atoms with E-state index in [1.54, 1.807) is 0 Å². The highest BCUT2D eigenvalue weighted by Crippen LogP contribution is 2.37. The lowest BCUT2D eigenvalue weighted by Gasteiger charge is -2.27. The lowest BCUT2D eigenvalue weighted by Crippen LogP contribution is -2.29. The van der Waals surface area contributed by atoms with Gasteiger partial charge in [0, 0.05) is 25.2 Å². The van der Waals surface area contributed by atoms with E-state index in [-0.39, 0.29) is 0 Å². The topological polar surface area (TPSA) is 15.3 Å². The maximum Gasteiger partial charge on any atom is 0.0643 e. The van der Waals surface area contributed by atoms with Gasteiger partial charge >= 0.3 is 0 Å². The van der Waals surface area contributed by atoms with Crippen molar-refractivity contribution in [2.24, 2.45) is 0 Å². The van der Waals surface area contributed by atoms with Crippen LogP contribution in [0.15, 0.2) is 18.2 Å². The van der Waals surface area contributed by atoms with E-state index in [0.29, 0.717) is 12.1 Å². The number of nitrogens with zero attached hydrogens (tertiary/aromatic N) is 1. The average molecular weight is 267 g/mol. The highest BCUT2D eigenvalue weighted by atomic mass is 35.5. The van der Waals surface area contributed by atoms with Gasteiger partial charge in [-0.05, 0) is 31.4 Å². The third-order valence-corrected chi connectivity index (χ3v) is 3.69. The van der Waals surface area contributed by atoms with Crippen molar-refractivity contribution in [1.29, 1.82) is 0 Å². The van der Waals surface area contributed by atoms with Gasteiger partial charge in [0.1, 0.15) is 0 Å². The van der Waals surface area contributed by atoms with Crippen LogP contribution in [-0.2, 0) is 6.54 Å². The molecule has 1 saturated carbocycles. The van der Waals surface area contributed by atoms with E-state index in [1.807, 2.05) is 12.1 Å². The highest BCUT2D eigenvalue weighted by Gasteiger charge is 2.30. The fraction of sp³-hybridized carbons (Fsp3) is 0.600. The first-order valence-corrected chi connectivity index (χ1v) is 7.28. The minimum atomic E-state index is 0.493. The normalized spacial score (nSPS) is 15.2. The van der Waals surface area contributed by atoms with Gasteiger partial charge < -0.3 is 10.2 Å². The van der Waals surface area contributed by atoms with Crippen LogP contribution in [0.1, 0.15) is 39.2 Å². The van der Waals surface area contributed by atoms with E-state index in [9.17, 15) is 0 Å². The predicted octanol–water partition coefficient (Wildman–Crippen LogP) is 3.83. The van der Waals surface area contributed by atoms with Crippen LogP contribution in [0.2, 0.25) is 5.02 Å². The van der Waals surface area contributed by atoms with Gasteiger partial charge in [-0.1, -0.05) is 37.6 Å². The smallest absolute Gasteiger partial charge is 0.0643 e. The molecule has 0 radical (unpaired) electrons. The number of rotatable bonds is 6. The van der Waals surface area contributed by atoms with Crippen molar-refractivity contribution in [3.8, 4) is 0 Å². The Bertz CT molecular complexity index is 399. The van der Waals surface area contributed by atoms with Crippen molar-refractivity contribution in [1.82, 2.24) is 5.32 Å². The second-order valence-electron chi connectivity index (χ2n) is 5.30. The Balaban J connectivity index is 2.24. The summed E-state index contributed by atoms with van der Waals surface area (Å²) in [5.41, 5.74) is 2.54. The van der Waals surface area contributed by atoms with E-state index in [2.05, 4.69) is 37.1 Å². The van der Waals surface area contributed by atoms with Gasteiger partial charge in [0.25, 0.3) is 0 Å². The molecule has 100 valence electrons. The molecule has 0 heterocycles. The molecule has 3 heteroatoms. The Morgan fingerprint density at radius 3 is 2.67 bits per heavy atom. The molecule has 1 aromatic rings. The van der Waals surface area contributed by atoms with E-state index >= 15 is 0 Å². The molecule has 1 aliphatic carbocycles. The second kappa shape index (κ2) is 5.94. The molecule has 1 N–H and O–H groups in total. The van der Waals surface area contributed by atoms with Crippen LogP contribution in [0.5, 0.6) is 0 Å². The summed E-state index contributed by atoms with van der Waals surface area (Å²) >= 11 is 6.42. The molecule has 0 unspecified atom stereocenters. The molecular formula is C15H23ClN2. The Labute approximate surface area is 115 Å². The number of benzene rings is 1. The minimum absolute atomic E-state index is 0.493. The minimum Gasteiger partial charge on any atom is -0.367 e. The van der Waals surface area contributed by atoms with Gasteiger partial charge in [-0.15, -0.1) is 0 Å². The molecule has 0 bridgehead atoms. The molecule has 1 aromatic carbocycles. The largest absolute Gasteiger partial charge is 0.367 e. The summed E-state index contributed by atoms with van der Waals surface area (Å²) in [5, 5.41) is 4.36. The van der Waals surface area contributed by atoms with Gasteiger partial charge in [-0.25, -0.2) is 0 Å². The molecule has 0 saturated heterocycles. The zero-order valence-corrected chi connectivity index (χ0v) is 12.3. The summed E-state index contributed by atoms with van der Waals surface area (Å²) < 4.78 is 0. The number of para-hydroxylation sites is 1. The quantitative estimate of drug-likeness (QED) is 0.842. The first kappa shape index (κ1) is 13.7. The maximum atomic E-state index is 6.42.